The van der Waals surface area contributed by atoms with Gasteiger partial charge in [0.15, 0.2) is 0 Å². The molecule has 0 aromatic heterocycles. The van der Waals surface area contributed by atoms with Gasteiger partial charge in [0.2, 0.25) is 0 Å². The number of sulfonamides is 1. The first kappa shape index (κ1) is 31.9. The van der Waals surface area contributed by atoms with Crippen LogP contribution in [0.15, 0.2) is 113 Å². The predicted octanol–water partition coefficient (Wildman–Crippen LogP) is 6.51. The van der Waals surface area contributed by atoms with Crippen LogP contribution in [0.1, 0.15) is 21.5 Å². The van der Waals surface area contributed by atoms with Gasteiger partial charge >= 0.3 is 6.36 Å². The molecule has 0 aliphatic carbocycles. The molecule has 1 N–H and O–H groups in total. The van der Waals surface area contributed by atoms with Crippen LogP contribution in [0.3, 0.4) is 0 Å². The highest BCUT2D eigenvalue weighted by Crippen LogP contribution is 2.24. The molecular formula is C31H29F3N2O5S2. The highest BCUT2D eigenvalue weighted by Gasteiger charge is 2.31. The number of thioether (sulfide) groups is 1. The van der Waals surface area contributed by atoms with Gasteiger partial charge in [0.1, 0.15) is 11.5 Å². The Kier molecular flexibility index (Phi) is 10.7. The van der Waals surface area contributed by atoms with Gasteiger partial charge in [0.25, 0.3) is 15.9 Å². The van der Waals surface area contributed by atoms with E-state index in [1.54, 1.807) is 31.0 Å². The van der Waals surface area contributed by atoms with Gasteiger partial charge in [-0.1, -0.05) is 42.5 Å². The molecule has 0 fully saturated rings. The van der Waals surface area contributed by atoms with Crippen LogP contribution in [0, 0.1) is 0 Å². The van der Waals surface area contributed by atoms with Crippen molar-refractivity contribution in [2.45, 2.75) is 29.2 Å². The van der Waals surface area contributed by atoms with Crippen LogP contribution in [0.25, 0.3) is 0 Å². The molecule has 0 aliphatic rings. The Hall–Kier alpha value is -4.00. The number of carbonyl (C=O) groups excluding carboxylic acids is 1. The average Bonchev–Trinajstić information content (AvgIpc) is 2.97. The Morgan fingerprint density at radius 1 is 0.837 bits per heavy atom. The number of halogens is 3. The maximum Gasteiger partial charge on any atom is 0.573 e. The minimum absolute atomic E-state index is 0.124. The van der Waals surface area contributed by atoms with Gasteiger partial charge in [-0.3, -0.25) is 9.69 Å². The fourth-order valence-corrected chi connectivity index (χ4v) is 6.04. The number of alkyl halides is 3. The number of ether oxygens (including phenoxy) is 2. The van der Waals surface area contributed by atoms with Crippen molar-refractivity contribution in [1.29, 1.82) is 0 Å². The summed E-state index contributed by atoms with van der Waals surface area (Å²) in [6.45, 7) is 1.96. The van der Waals surface area contributed by atoms with Crippen molar-refractivity contribution < 1.29 is 35.9 Å². The van der Waals surface area contributed by atoms with Crippen molar-refractivity contribution in [1.82, 2.24) is 9.62 Å². The first-order valence-electron chi connectivity index (χ1n) is 13.1. The lowest BCUT2D eigenvalue weighted by molar-refractivity contribution is -0.274. The zero-order valence-electron chi connectivity index (χ0n) is 23.1. The number of hydrogen-bond acceptors (Lipinski definition) is 7. The maximum absolute atomic E-state index is 12.9. The van der Waals surface area contributed by atoms with E-state index >= 15 is 0 Å². The summed E-state index contributed by atoms with van der Waals surface area (Å²) in [6, 6.07) is 28.1. The van der Waals surface area contributed by atoms with E-state index in [9.17, 15) is 26.4 Å². The smallest absolute Gasteiger partial charge is 0.497 e. The first-order valence-corrected chi connectivity index (χ1v) is 15.5. The van der Waals surface area contributed by atoms with E-state index in [0.717, 1.165) is 53.4 Å². The van der Waals surface area contributed by atoms with E-state index in [-0.39, 0.29) is 10.5 Å². The van der Waals surface area contributed by atoms with Crippen LogP contribution in [-0.4, -0.2) is 45.0 Å². The van der Waals surface area contributed by atoms with E-state index in [1.807, 2.05) is 47.2 Å². The van der Waals surface area contributed by atoms with Gasteiger partial charge in [0, 0.05) is 35.8 Å². The number of hydrogen-bond donors (Lipinski definition) is 1. The van der Waals surface area contributed by atoms with Gasteiger partial charge < -0.3 is 9.47 Å². The van der Waals surface area contributed by atoms with E-state index in [2.05, 4.69) is 21.8 Å². The van der Waals surface area contributed by atoms with Crippen molar-refractivity contribution in [3.8, 4) is 11.5 Å². The topological polar surface area (TPSA) is 84.9 Å². The van der Waals surface area contributed by atoms with Crippen molar-refractivity contribution in [3.05, 3.63) is 120 Å². The van der Waals surface area contributed by atoms with E-state index in [4.69, 9.17) is 4.74 Å². The maximum atomic E-state index is 12.9. The molecule has 0 saturated heterocycles. The SMILES string of the molecule is COc1cccc(CN(CCSc2ccccc2)Cc2ccc(S(=O)(=O)NC(=O)c3ccc(OC(F)(F)F)cc3)cc2)c1. The average molecular weight is 631 g/mol. The molecule has 0 saturated carbocycles. The molecule has 43 heavy (non-hydrogen) atoms. The Morgan fingerprint density at radius 2 is 1.51 bits per heavy atom. The van der Waals surface area contributed by atoms with Crippen LogP contribution in [0.2, 0.25) is 0 Å². The fourth-order valence-electron chi connectivity index (χ4n) is 4.13. The number of benzene rings is 4. The lowest BCUT2D eigenvalue weighted by Gasteiger charge is -2.23. The number of carbonyl (C=O) groups is 1. The summed E-state index contributed by atoms with van der Waals surface area (Å²) >= 11 is 1.75. The van der Waals surface area contributed by atoms with Crippen LogP contribution in [0.4, 0.5) is 13.2 Å². The standard InChI is InChI=1S/C31H29F3N2O5S2/c1-40-27-7-5-6-24(20-27)22-36(18-19-42-28-8-3-2-4-9-28)21-23-10-16-29(17-11-23)43(38,39)35-30(37)25-12-14-26(15-13-25)41-31(32,33)34/h2-17,20H,18-19,21-22H2,1H3,(H,35,37). The minimum Gasteiger partial charge on any atom is -0.497 e. The Morgan fingerprint density at radius 3 is 2.16 bits per heavy atom. The van der Waals surface area contributed by atoms with Crippen LogP contribution in [0.5, 0.6) is 11.5 Å². The van der Waals surface area contributed by atoms with Crippen LogP contribution >= 0.6 is 11.8 Å². The normalized spacial score (nSPS) is 11.7. The second-order valence-corrected chi connectivity index (χ2v) is 12.2. The zero-order valence-corrected chi connectivity index (χ0v) is 24.7. The zero-order chi connectivity index (χ0) is 30.9. The third-order valence-corrected chi connectivity index (χ3v) is 8.52. The largest absolute Gasteiger partial charge is 0.573 e. The predicted molar refractivity (Wildman–Crippen MR) is 158 cm³/mol. The molecule has 0 heterocycles. The van der Waals surface area contributed by atoms with Crippen molar-refractivity contribution in [3.63, 3.8) is 0 Å². The summed E-state index contributed by atoms with van der Waals surface area (Å²) in [5.41, 5.74) is 1.80. The molecule has 226 valence electrons. The molecule has 4 aromatic carbocycles. The number of amides is 1. The highest BCUT2D eigenvalue weighted by atomic mass is 32.2. The van der Waals surface area contributed by atoms with E-state index in [0.29, 0.717) is 13.1 Å². The highest BCUT2D eigenvalue weighted by molar-refractivity contribution is 7.99. The summed E-state index contributed by atoms with van der Waals surface area (Å²) in [5.74, 6) is 0.0957. The summed E-state index contributed by atoms with van der Waals surface area (Å²) in [5, 5.41) is 0. The monoisotopic (exact) mass is 630 g/mol. The Balaban J connectivity index is 1.41. The van der Waals surface area contributed by atoms with E-state index in [1.165, 1.54) is 17.0 Å². The Bertz CT molecular complexity index is 1600. The third kappa shape index (κ3) is 10.1. The lowest BCUT2D eigenvalue weighted by atomic mass is 10.1. The minimum atomic E-state index is -4.88. The molecule has 0 spiro atoms. The molecule has 4 rings (SSSR count). The molecule has 0 radical (unpaired) electrons. The van der Waals surface area contributed by atoms with Crippen molar-refractivity contribution in [2.75, 3.05) is 19.4 Å². The number of nitrogens with one attached hydrogen (secondary N) is 1. The summed E-state index contributed by atoms with van der Waals surface area (Å²) in [7, 11) is -2.61. The number of methoxy groups -OCH3 is 1. The van der Waals surface area contributed by atoms with Crippen molar-refractivity contribution >= 4 is 27.7 Å². The first-order chi connectivity index (χ1) is 20.5. The lowest BCUT2D eigenvalue weighted by Crippen LogP contribution is -2.30. The molecule has 0 aliphatic heterocycles. The molecule has 7 nitrogen and oxygen atoms in total. The summed E-state index contributed by atoms with van der Waals surface area (Å²) in [6.07, 6.45) is -4.88. The molecule has 0 atom stereocenters. The summed E-state index contributed by atoms with van der Waals surface area (Å²) < 4.78 is 73.9. The molecule has 12 heteroatoms. The second-order valence-electron chi connectivity index (χ2n) is 9.37. The van der Waals surface area contributed by atoms with Gasteiger partial charge in [-0.05, 0) is 71.8 Å². The van der Waals surface area contributed by atoms with Crippen LogP contribution < -0.4 is 14.2 Å². The molecule has 0 unspecified atom stereocenters. The molecule has 1 amide bonds. The second kappa shape index (κ2) is 14.5. The van der Waals surface area contributed by atoms with E-state index < -0.39 is 28.0 Å². The molecular weight excluding hydrogens is 601 g/mol. The van der Waals surface area contributed by atoms with Gasteiger partial charge in [-0.15, -0.1) is 24.9 Å². The summed E-state index contributed by atoms with van der Waals surface area (Å²) in [4.78, 5) is 15.8. The van der Waals surface area contributed by atoms with Gasteiger partial charge in [-0.25, -0.2) is 13.1 Å². The van der Waals surface area contributed by atoms with Crippen molar-refractivity contribution in [2.24, 2.45) is 0 Å². The van der Waals surface area contributed by atoms with Gasteiger partial charge in [0.05, 0.1) is 12.0 Å². The fraction of sp³-hybridized carbons (Fsp3) is 0.194. The Labute approximate surface area is 252 Å². The molecule has 4 aromatic rings. The quantitative estimate of drug-likeness (QED) is 0.169. The molecule has 0 bridgehead atoms. The number of rotatable bonds is 13. The van der Waals surface area contributed by atoms with Gasteiger partial charge in [-0.2, -0.15) is 0 Å². The number of nitrogens with zero attached hydrogens (tertiary/aromatic N) is 1. The third-order valence-electron chi connectivity index (χ3n) is 6.18. The van der Waals surface area contributed by atoms with Crippen LogP contribution in [-0.2, 0) is 23.1 Å².